The molecule has 29 heteroatoms. The van der Waals surface area contributed by atoms with E-state index >= 15 is 0 Å². The first kappa shape index (κ1) is 98.0. The zero-order valence-electron chi connectivity index (χ0n) is 17.5. The standard InChI is InChI=1S/7CH2O3.2Ba.2Na.2H2O.2Th/c7*2-1(3)4;;;;;;;;/h7*(H2,2,3,4);;;;;2*1H2;;/q;;;;;;;2*+2;2*+1;;;2*+4/p-14. The second kappa shape index (κ2) is 90.4. The SMILES string of the molecule is O.O.O=C([O-])[O-].O=C([O-])[O-].O=C([O-])[O-].O=C([O-])[O-].O=C([O-])[O-].O=C([O-])[O-].O=C([O-])[O-].[Ba+2].[Ba+2].[Na+].[Na+].[Th+4].[Th+4]. The fourth-order valence-electron chi connectivity index (χ4n) is 0. The molecule has 0 atom stereocenters. The maximum absolute atomic E-state index is 8.33. The van der Waals surface area contributed by atoms with Crippen LogP contribution in [-0.4, -0.2) is 152 Å². The Labute approximate surface area is 387 Å². The summed E-state index contributed by atoms with van der Waals surface area (Å²) in [4.78, 5) is 58.3. The van der Waals surface area contributed by atoms with Crippen LogP contribution in [0.25, 0.3) is 0 Å². The van der Waals surface area contributed by atoms with Gasteiger partial charge in [0, 0.05) is 0 Å². The van der Waals surface area contributed by atoms with Crippen molar-refractivity contribution < 1.29 is 255 Å². The Bertz CT molecular complexity index is 335. The summed E-state index contributed by atoms with van der Waals surface area (Å²) in [6.45, 7) is 0. The second-order valence-corrected chi connectivity index (χ2v) is 1.75. The zero-order chi connectivity index (χ0) is 25.0. The smallest absolute Gasteiger partial charge is 0.652 e. The Kier molecular flexibility index (Phi) is 246. The van der Waals surface area contributed by atoms with E-state index in [0.717, 1.165) is 0 Å². The first-order chi connectivity index (χ1) is 12.1. The predicted octanol–water partition coefficient (Wildman–Crippen LogP) is -25.5. The third kappa shape index (κ3) is 6850. The van der Waals surface area contributed by atoms with Crippen LogP contribution < -0.4 is 131 Å². The van der Waals surface area contributed by atoms with Crippen molar-refractivity contribution in [2.75, 3.05) is 0 Å². The predicted molar refractivity (Wildman–Crippen MR) is 56.5 cm³/mol. The van der Waals surface area contributed by atoms with Gasteiger partial charge in [0.2, 0.25) is 0 Å². The summed E-state index contributed by atoms with van der Waals surface area (Å²) in [7, 11) is 0. The van der Waals surface area contributed by atoms with Gasteiger partial charge in [0.15, 0.2) is 0 Å². The fraction of sp³-hybridized carbons (Fsp3) is 0. The molecular weight excluding hydrogens is 1240 g/mol. The number of hydrogen-bond acceptors (Lipinski definition) is 21. The summed E-state index contributed by atoms with van der Waals surface area (Å²) in [5.41, 5.74) is 0. The second-order valence-electron chi connectivity index (χ2n) is 1.75. The molecule has 0 aliphatic rings. The van der Waals surface area contributed by atoms with Gasteiger partial charge in [-0.2, -0.15) is 0 Å². The summed E-state index contributed by atoms with van der Waals surface area (Å²) < 4.78 is 0. The van der Waals surface area contributed by atoms with Crippen LogP contribution >= 0.6 is 0 Å². The number of hydrogen-bond donors (Lipinski definition) is 0. The largest absolute Gasteiger partial charge is 4.00 e. The Hall–Kier alpha value is 2.60. The minimum atomic E-state index is -2.33. The molecule has 0 aromatic rings. The molecule has 0 saturated carbocycles. The van der Waals surface area contributed by atoms with E-state index in [1.165, 1.54) is 0 Å². The molecule has 0 radical (unpaired) electrons. The van der Waals surface area contributed by atoms with Crippen molar-refractivity contribution in [1.82, 2.24) is 0 Å². The van der Waals surface area contributed by atoms with Crippen molar-refractivity contribution in [3.05, 3.63) is 0 Å². The quantitative estimate of drug-likeness (QED) is 0.203. The van der Waals surface area contributed by atoms with Gasteiger partial charge in [-0.15, -0.1) is 0 Å². The van der Waals surface area contributed by atoms with Crippen LogP contribution in [0.4, 0.5) is 33.6 Å². The van der Waals surface area contributed by atoms with Gasteiger partial charge in [0.05, 0.1) is 0 Å². The molecule has 0 spiro atoms. The van der Waals surface area contributed by atoms with Crippen LogP contribution in [0.3, 0.4) is 0 Å². The number of carbonyl (C=O) groups is 7. The van der Waals surface area contributed by atoms with E-state index in [-0.39, 0.29) is 248 Å². The van der Waals surface area contributed by atoms with Crippen molar-refractivity contribution in [3.63, 3.8) is 0 Å². The van der Waals surface area contributed by atoms with E-state index < -0.39 is 43.1 Å². The average Bonchev–Trinajstić information content (AvgIpc) is 2.20. The zero-order valence-corrected chi connectivity index (χ0v) is 38.6. The van der Waals surface area contributed by atoms with E-state index in [2.05, 4.69) is 0 Å². The third-order valence-electron chi connectivity index (χ3n) is 0. The molecule has 0 unspecified atom stereocenters. The van der Waals surface area contributed by atoms with Crippen LogP contribution in [0.1, 0.15) is 0 Å². The summed E-state index contributed by atoms with van der Waals surface area (Å²) in [6.07, 6.45) is -16.3. The number of carboxylic acid groups (broad SMARTS) is 14. The van der Waals surface area contributed by atoms with Gasteiger partial charge in [0.25, 0.3) is 0 Å². The van der Waals surface area contributed by atoms with Gasteiger partial charge in [0.1, 0.15) is 0 Å². The summed E-state index contributed by atoms with van der Waals surface area (Å²) in [6, 6.07) is 0. The maximum atomic E-state index is 8.33. The minimum absolute atomic E-state index is 0. The number of rotatable bonds is 0. The van der Waals surface area contributed by atoms with Crippen molar-refractivity contribution in [2.45, 2.75) is 0 Å². The molecule has 36 heavy (non-hydrogen) atoms. The maximum Gasteiger partial charge on any atom is 4.00 e. The monoisotopic (exact) mass is 1240 g/mol. The molecule has 0 aliphatic heterocycles. The minimum Gasteiger partial charge on any atom is -0.652 e. The van der Waals surface area contributed by atoms with E-state index in [9.17, 15) is 0 Å². The topological polar surface area (TPSA) is 505 Å². The summed E-state index contributed by atoms with van der Waals surface area (Å²) in [5, 5.41) is 117. The third-order valence-corrected chi connectivity index (χ3v) is 0. The van der Waals surface area contributed by atoms with Crippen molar-refractivity contribution in [2.24, 2.45) is 0 Å². The molecule has 184 valence electrons. The molecular formula is C7H4Ba2Na2O23Th2. The van der Waals surface area contributed by atoms with Gasteiger partial charge in [-0.25, -0.2) is 0 Å². The molecule has 0 rings (SSSR count). The molecule has 0 saturated heterocycles. The first-order valence-electron chi connectivity index (χ1n) is 4.29. The van der Waals surface area contributed by atoms with Gasteiger partial charge < -0.3 is 116 Å². The van der Waals surface area contributed by atoms with E-state index in [4.69, 9.17) is 105 Å². The molecule has 0 aromatic carbocycles. The average molecular weight is 1240 g/mol. The van der Waals surface area contributed by atoms with Crippen LogP contribution in [-0.2, 0) is 0 Å². The molecule has 0 fully saturated rings. The van der Waals surface area contributed by atoms with Crippen LogP contribution in [0.15, 0.2) is 0 Å². The molecule has 0 aromatic heterocycles. The van der Waals surface area contributed by atoms with E-state index in [0.29, 0.717) is 0 Å². The van der Waals surface area contributed by atoms with Gasteiger partial charge in [-0.3, -0.25) is 0 Å². The Morgan fingerprint density at radius 3 is 0.278 bits per heavy atom. The summed E-state index contributed by atoms with van der Waals surface area (Å²) >= 11 is 0. The number of carbonyl (C=O) groups excluding carboxylic acids is 7. The summed E-state index contributed by atoms with van der Waals surface area (Å²) in [5.74, 6) is 0. The van der Waals surface area contributed by atoms with Gasteiger partial charge >= 0.3 is 237 Å². The van der Waals surface area contributed by atoms with Gasteiger partial charge in [-0.1, -0.05) is 0 Å². The molecule has 0 amide bonds. The fourth-order valence-corrected chi connectivity index (χ4v) is 0. The van der Waals surface area contributed by atoms with Crippen LogP contribution in [0.5, 0.6) is 0 Å². The Morgan fingerprint density at radius 1 is 0.278 bits per heavy atom. The van der Waals surface area contributed by atoms with Crippen LogP contribution in [0, 0.1) is 79.9 Å². The van der Waals surface area contributed by atoms with Gasteiger partial charge in [-0.05, 0) is 43.1 Å². The first-order valence-corrected chi connectivity index (χ1v) is 4.29. The molecule has 0 aliphatic carbocycles. The molecule has 0 bridgehead atoms. The normalized spacial score (nSPS) is 4.67. The van der Waals surface area contributed by atoms with E-state index in [1.54, 1.807) is 0 Å². The Balaban J connectivity index is -0.0000000106. The van der Waals surface area contributed by atoms with Crippen LogP contribution in [0.2, 0.25) is 0 Å². The van der Waals surface area contributed by atoms with Crippen molar-refractivity contribution >= 4 is 141 Å². The molecule has 0 heterocycles. The molecule has 4 N–H and O–H groups in total. The van der Waals surface area contributed by atoms with Crippen molar-refractivity contribution in [3.8, 4) is 0 Å². The molecule has 23 nitrogen and oxygen atoms in total. The van der Waals surface area contributed by atoms with Crippen molar-refractivity contribution in [1.29, 1.82) is 0 Å². The van der Waals surface area contributed by atoms with E-state index in [1.807, 2.05) is 0 Å². The Morgan fingerprint density at radius 2 is 0.278 bits per heavy atom.